The lowest BCUT2D eigenvalue weighted by molar-refractivity contribution is 0.0630. The van der Waals surface area contributed by atoms with E-state index in [1.54, 1.807) is 43.3 Å². The van der Waals surface area contributed by atoms with Crippen LogP contribution in [0, 0.1) is 12.7 Å². The van der Waals surface area contributed by atoms with Gasteiger partial charge in [-0.15, -0.1) is 11.3 Å². The van der Waals surface area contributed by atoms with Crippen LogP contribution in [0.15, 0.2) is 66.7 Å². The number of nitrogen functional groups attached to an aromatic ring is 1. The second-order valence-electron chi connectivity index (χ2n) is 9.52. The lowest BCUT2D eigenvalue weighted by Gasteiger charge is -2.36. The van der Waals surface area contributed by atoms with Crippen LogP contribution in [0.1, 0.15) is 56.1 Å². The molecule has 0 unspecified atom stereocenters. The van der Waals surface area contributed by atoms with Crippen LogP contribution < -0.4 is 11.1 Å². The summed E-state index contributed by atoms with van der Waals surface area (Å²) in [5.74, 6) is -0.583. The summed E-state index contributed by atoms with van der Waals surface area (Å²) in [5.41, 5.74) is 10.6. The molecule has 0 radical (unpaired) electrons. The number of rotatable bonds is 6. The van der Waals surface area contributed by atoms with E-state index in [1.807, 2.05) is 25.1 Å². The van der Waals surface area contributed by atoms with Gasteiger partial charge in [-0.25, -0.2) is 9.37 Å². The fourth-order valence-electron chi connectivity index (χ4n) is 4.90. The van der Waals surface area contributed by atoms with E-state index in [1.165, 1.54) is 23.5 Å². The van der Waals surface area contributed by atoms with Crippen molar-refractivity contribution in [2.75, 3.05) is 24.3 Å². The van der Waals surface area contributed by atoms with Crippen molar-refractivity contribution in [3.8, 4) is 11.1 Å². The van der Waals surface area contributed by atoms with Crippen LogP contribution in [0.25, 0.3) is 11.1 Å². The number of Topliss-reactive ketones (excluding diaryl/α,β-unsaturated/α-hetero) is 1. The molecule has 194 valence electrons. The third kappa shape index (κ3) is 4.97. The number of aryl methyl sites for hydroxylation is 1. The first-order chi connectivity index (χ1) is 18.3. The van der Waals surface area contributed by atoms with E-state index in [9.17, 15) is 14.0 Å². The first kappa shape index (κ1) is 25.8. The van der Waals surface area contributed by atoms with E-state index in [0.717, 1.165) is 40.2 Å². The maximum Gasteiger partial charge on any atom is 0.255 e. The SMILES string of the molecule is CC(=O)c1sc(C2(c3ccc(C(=O)Nc4cc(-c5ccc(F)cc5)ccc4N)cc3)CCOCC2)nc1C. The Balaban J connectivity index is 1.41. The smallest absolute Gasteiger partial charge is 0.255 e. The summed E-state index contributed by atoms with van der Waals surface area (Å²) in [6.07, 6.45) is 1.49. The van der Waals surface area contributed by atoms with Crippen molar-refractivity contribution in [2.45, 2.75) is 32.1 Å². The van der Waals surface area contributed by atoms with Gasteiger partial charge in [-0.05, 0) is 72.9 Å². The van der Waals surface area contributed by atoms with Gasteiger partial charge < -0.3 is 15.8 Å². The molecular weight excluding hydrogens is 501 g/mol. The molecule has 1 aliphatic heterocycles. The van der Waals surface area contributed by atoms with Crippen LogP contribution >= 0.6 is 11.3 Å². The Labute approximate surface area is 224 Å². The van der Waals surface area contributed by atoms with E-state index in [4.69, 9.17) is 15.5 Å². The first-order valence-electron chi connectivity index (χ1n) is 12.4. The molecule has 6 nitrogen and oxygen atoms in total. The molecule has 2 heterocycles. The Bertz CT molecular complexity index is 1490. The van der Waals surface area contributed by atoms with Gasteiger partial charge in [-0.1, -0.05) is 30.3 Å². The summed E-state index contributed by atoms with van der Waals surface area (Å²) in [5, 5.41) is 3.81. The van der Waals surface area contributed by atoms with E-state index in [2.05, 4.69) is 5.32 Å². The molecular formula is C30H28FN3O3S. The van der Waals surface area contributed by atoms with Gasteiger partial charge in [0.1, 0.15) is 10.8 Å². The van der Waals surface area contributed by atoms with Crippen molar-refractivity contribution in [3.63, 3.8) is 0 Å². The minimum Gasteiger partial charge on any atom is -0.397 e. The molecule has 1 saturated heterocycles. The summed E-state index contributed by atoms with van der Waals surface area (Å²) < 4.78 is 19.0. The zero-order valence-corrected chi connectivity index (χ0v) is 22.0. The Morgan fingerprint density at radius 2 is 1.66 bits per heavy atom. The van der Waals surface area contributed by atoms with Crippen LogP contribution in [-0.2, 0) is 10.2 Å². The second kappa shape index (κ2) is 10.5. The molecule has 0 bridgehead atoms. The minimum atomic E-state index is -0.371. The Hall–Kier alpha value is -3.88. The fourth-order valence-corrected chi connectivity index (χ4v) is 6.13. The summed E-state index contributed by atoms with van der Waals surface area (Å²) in [6.45, 7) is 4.63. The zero-order valence-electron chi connectivity index (χ0n) is 21.2. The largest absolute Gasteiger partial charge is 0.397 e. The predicted molar refractivity (Wildman–Crippen MR) is 148 cm³/mol. The maximum atomic E-state index is 13.3. The average Bonchev–Trinajstić information content (AvgIpc) is 3.33. The quantitative estimate of drug-likeness (QED) is 0.223. The topological polar surface area (TPSA) is 94.3 Å². The molecule has 3 N–H and O–H groups in total. The number of ketones is 1. The fraction of sp³-hybridized carbons (Fsp3) is 0.233. The number of halogens is 1. The van der Waals surface area contributed by atoms with Gasteiger partial charge in [-0.2, -0.15) is 0 Å². The minimum absolute atomic E-state index is 0.0169. The standard InChI is InChI=1S/C30H28FN3O3S/c1-18-27(19(2)35)38-29(33-18)30(13-15-37-16-14-30)23-8-3-21(4-9-23)28(36)34-26-17-22(7-12-25(26)32)20-5-10-24(31)11-6-20/h3-12,17H,13-16,32H2,1-2H3,(H,34,36). The van der Waals surface area contributed by atoms with Crippen LogP contribution in [0.4, 0.5) is 15.8 Å². The number of aromatic nitrogens is 1. The predicted octanol–water partition coefficient (Wildman–Crippen LogP) is 6.39. The number of nitrogens with one attached hydrogen (secondary N) is 1. The van der Waals surface area contributed by atoms with Gasteiger partial charge >= 0.3 is 0 Å². The maximum absolute atomic E-state index is 13.3. The number of amides is 1. The van der Waals surface area contributed by atoms with Crippen LogP contribution in [0.5, 0.6) is 0 Å². The molecule has 0 spiro atoms. The van der Waals surface area contributed by atoms with Crippen molar-refractivity contribution >= 4 is 34.4 Å². The number of carbonyl (C=O) groups excluding carboxylic acids is 2. The molecule has 8 heteroatoms. The molecule has 0 atom stereocenters. The second-order valence-corrected chi connectivity index (χ2v) is 10.5. The molecule has 0 saturated carbocycles. The number of nitrogens with zero attached hydrogens (tertiary/aromatic N) is 1. The van der Waals surface area contributed by atoms with E-state index >= 15 is 0 Å². The Kier molecular flexibility index (Phi) is 7.10. The molecule has 0 aliphatic carbocycles. The van der Waals surface area contributed by atoms with Crippen LogP contribution in [-0.4, -0.2) is 29.9 Å². The van der Waals surface area contributed by atoms with Crippen molar-refractivity contribution in [1.82, 2.24) is 4.98 Å². The highest BCUT2D eigenvalue weighted by molar-refractivity contribution is 7.14. The summed E-state index contributed by atoms with van der Waals surface area (Å²) in [6, 6.07) is 19.0. The summed E-state index contributed by atoms with van der Waals surface area (Å²) in [4.78, 5) is 30.7. The highest BCUT2D eigenvalue weighted by atomic mass is 32.1. The molecule has 5 rings (SSSR count). The molecule has 1 aromatic heterocycles. The van der Waals surface area contributed by atoms with Crippen molar-refractivity contribution < 1.29 is 18.7 Å². The number of nitrogens with two attached hydrogens (primary N) is 1. The lowest BCUT2D eigenvalue weighted by atomic mass is 9.74. The number of anilines is 2. The van der Waals surface area contributed by atoms with Gasteiger partial charge in [0, 0.05) is 25.7 Å². The Morgan fingerprint density at radius 3 is 2.29 bits per heavy atom. The monoisotopic (exact) mass is 529 g/mol. The van der Waals surface area contributed by atoms with Gasteiger partial charge in [0.2, 0.25) is 0 Å². The van der Waals surface area contributed by atoms with E-state index in [-0.39, 0.29) is 22.9 Å². The normalized spacial score (nSPS) is 14.7. The lowest BCUT2D eigenvalue weighted by Crippen LogP contribution is -2.35. The van der Waals surface area contributed by atoms with E-state index in [0.29, 0.717) is 35.0 Å². The molecule has 4 aromatic rings. The first-order valence-corrected chi connectivity index (χ1v) is 13.2. The highest BCUT2D eigenvalue weighted by Gasteiger charge is 2.40. The van der Waals surface area contributed by atoms with Crippen LogP contribution in [0.3, 0.4) is 0 Å². The molecule has 1 aliphatic rings. The summed E-state index contributed by atoms with van der Waals surface area (Å²) >= 11 is 1.45. The van der Waals surface area contributed by atoms with Crippen molar-refractivity contribution in [1.29, 1.82) is 0 Å². The van der Waals surface area contributed by atoms with Gasteiger partial charge in [0.25, 0.3) is 5.91 Å². The molecule has 1 fully saturated rings. The third-order valence-corrected chi connectivity index (χ3v) is 8.51. The van der Waals surface area contributed by atoms with Crippen molar-refractivity contribution in [3.05, 3.63) is 99.3 Å². The Morgan fingerprint density at radius 1 is 1.00 bits per heavy atom. The van der Waals surface area contributed by atoms with Gasteiger partial charge in [-0.3, -0.25) is 9.59 Å². The number of hydrogen-bond donors (Lipinski definition) is 2. The van der Waals surface area contributed by atoms with Crippen molar-refractivity contribution in [2.24, 2.45) is 0 Å². The number of benzene rings is 3. The average molecular weight is 530 g/mol. The highest BCUT2D eigenvalue weighted by Crippen LogP contribution is 2.43. The number of thiazole rings is 1. The van der Waals surface area contributed by atoms with Gasteiger partial charge in [0.15, 0.2) is 5.78 Å². The van der Waals surface area contributed by atoms with Gasteiger partial charge in [0.05, 0.1) is 27.4 Å². The number of carbonyl (C=O) groups is 2. The third-order valence-electron chi connectivity index (χ3n) is 7.05. The number of ether oxygens (including phenoxy) is 1. The van der Waals surface area contributed by atoms with Crippen LogP contribution in [0.2, 0.25) is 0 Å². The molecule has 38 heavy (non-hydrogen) atoms. The molecule has 1 amide bonds. The summed E-state index contributed by atoms with van der Waals surface area (Å²) in [7, 11) is 0. The number of hydrogen-bond acceptors (Lipinski definition) is 6. The molecule has 3 aromatic carbocycles. The van der Waals surface area contributed by atoms with E-state index < -0.39 is 0 Å². The zero-order chi connectivity index (χ0) is 26.9.